The Labute approximate surface area is 173 Å². The second-order valence-corrected chi connectivity index (χ2v) is 9.23. The van der Waals surface area contributed by atoms with Gasteiger partial charge in [-0.25, -0.2) is 8.37 Å². The van der Waals surface area contributed by atoms with Gasteiger partial charge in [-0.05, 0) is 21.5 Å². The van der Waals surface area contributed by atoms with Crippen molar-refractivity contribution in [3.05, 3.63) is 96.1 Å². The first-order valence-corrected chi connectivity index (χ1v) is 11.6. The van der Waals surface area contributed by atoms with Crippen molar-refractivity contribution >= 4 is 42.3 Å². The monoisotopic (exact) mass is 442 g/mol. The van der Waals surface area contributed by atoms with Crippen molar-refractivity contribution in [2.45, 2.75) is 5.79 Å². The topological polar surface area (TPSA) is 96.0 Å². The van der Waals surface area contributed by atoms with Crippen molar-refractivity contribution in [1.29, 1.82) is 0 Å². The van der Waals surface area contributed by atoms with Gasteiger partial charge in [0, 0.05) is 11.1 Å². The number of hydrogen-bond acceptors (Lipinski definition) is 7. The fraction of sp³-hybridized carbons (Fsp3) is 0.0476. The van der Waals surface area contributed by atoms with E-state index in [1.165, 1.54) is 0 Å². The molecule has 0 aliphatic carbocycles. The Kier molecular flexibility index (Phi) is 4.21. The molecule has 0 amide bonds. The summed E-state index contributed by atoms with van der Waals surface area (Å²) in [5.41, 5.74) is 0.430. The molecule has 0 bridgehead atoms. The van der Waals surface area contributed by atoms with E-state index in [0.29, 0.717) is 10.8 Å². The highest BCUT2D eigenvalue weighted by Gasteiger charge is 2.54. The molecule has 1 saturated heterocycles. The Balaban J connectivity index is 1.95. The highest BCUT2D eigenvalue weighted by Crippen LogP contribution is 2.46. The molecule has 4 aromatic rings. The summed E-state index contributed by atoms with van der Waals surface area (Å²) in [6.07, 6.45) is 0. The minimum absolute atomic E-state index is 0.215. The van der Waals surface area contributed by atoms with Gasteiger partial charge in [0.1, 0.15) is 0 Å². The van der Waals surface area contributed by atoms with Gasteiger partial charge in [-0.1, -0.05) is 84.9 Å². The molecule has 1 aliphatic rings. The summed E-state index contributed by atoms with van der Waals surface area (Å²) in [7, 11) is -9.89. The normalized spacial score (nSPS) is 19.6. The molecule has 7 nitrogen and oxygen atoms in total. The lowest BCUT2D eigenvalue weighted by atomic mass is 9.90. The lowest BCUT2D eigenvalue weighted by molar-refractivity contribution is -0.0992. The standard InChI is InChI=1S/C21H14O7S2/c22-29(23)26-21(27-30(24,25)28-29,19-13-5-9-15-7-1-3-11-17(15)19)20-14-6-10-16-8-2-4-12-18(16)20/h1-14H. The van der Waals surface area contributed by atoms with Crippen molar-refractivity contribution in [1.82, 2.24) is 0 Å². The molecule has 0 saturated carbocycles. The molecule has 152 valence electrons. The largest absolute Gasteiger partial charge is 0.419 e. The first kappa shape index (κ1) is 19.2. The Morgan fingerprint density at radius 1 is 0.533 bits per heavy atom. The van der Waals surface area contributed by atoms with Crippen molar-refractivity contribution in [2.75, 3.05) is 0 Å². The van der Waals surface area contributed by atoms with Crippen LogP contribution in [0.5, 0.6) is 0 Å². The van der Waals surface area contributed by atoms with Gasteiger partial charge in [0.05, 0.1) is 0 Å². The SMILES string of the molecule is O=S1(=O)OC(c2cccc3ccccc23)(c2cccc3ccccc23)OS(=O)(=O)O1. The predicted octanol–water partition coefficient (Wildman–Crippen LogP) is 3.75. The Morgan fingerprint density at radius 2 is 0.933 bits per heavy atom. The summed E-state index contributed by atoms with van der Waals surface area (Å²) >= 11 is 0. The zero-order valence-corrected chi connectivity index (χ0v) is 16.9. The van der Waals surface area contributed by atoms with Gasteiger partial charge >= 0.3 is 20.8 Å². The second kappa shape index (κ2) is 6.59. The zero-order chi connectivity index (χ0) is 21.0. The van der Waals surface area contributed by atoms with Crippen molar-refractivity contribution in [3.63, 3.8) is 0 Å². The molecular weight excluding hydrogens is 428 g/mol. The summed E-state index contributed by atoms with van der Waals surface area (Å²) < 4.78 is 64.3. The molecule has 0 spiro atoms. The van der Waals surface area contributed by atoms with E-state index in [0.717, 1.165) is 10.8 Å². The van der Waals surface area contributed by atoms with Crippen LogP contribution < -0.4 is 0 Å². The second-order valence-electron chi connectivity index (χ2n) is 6.72. The van der Waals surface area contributed by atoms with Crippen LogP contribution in [0.3, 0.4) is 0 Å². The summed E-state index contributed by atoms with van der Waals surface area (Å²) in [5, 5.41) is 2.65. The first-order chi connectivity index (χ1) is 14.3. The molecule has 0 aromatic heterocycles. The summed E-state index contributed by atoms with van der Waals surface area (Å²) in [6.45, 7) is 0. The number of hydrogen-bond donors (Lipinski definition) is 0. The van der Waals surface area contributed by atoms with Crippen LogP contribution >= 0.6 is 0 Å². The molecule has 9 heteroatoms. The number of rotatable bonds is 2. The van der Waals surface area contributed by atoms with Gasteiger partial charge in [0.15, 0.2) is 0 Å². The van der Waals surface area contributed by atoms with E-state index in [4.69, 9.17) is 8.37 Å². The Bertz CT molecular complexity index is 1380. The average molecular weight is 442 g/mol. The maximum Gasteiger partial charge on any atom is 0.419 e. The van der Waals surface area contributed by atoms with Crippen LogP contribution in [0, 0.1) is 0 Å². The minimum atomic E-state index is -4.94. The zero-order valence-electron chi connectivity index (χ0n) is 15.3. The molecule has 0 N–H and O–H groups in total. The highest BCUT2D eigenvalue weighted by atomic mass is 32.3. The third kappa shape index (κ3) is 3.08. The van der Waals surface area contributed by atoms with Crippen molar-refractivity contribution in [3.8, 4) is 0 Å². The molecule has 1 fully saturated rings. The minimum Gasteiger partial charge on any atom is -0.202 e. The third-order valence-electron chi connectivity index (χ3n) is 4.89. The number of fused-ring (bicyclic) bond motifs is 2. The van der Waals surface area contributed by atoms with Crippen LogP contribution in [-0.2, 0) is 38.6 Å². The fourth-order valence-electron chi connectivity index (χ4n) is 3.78. The molecule has 0 unspecified atom stereocenters. The predicted molar refractivity (Wildman–Crippen MR) is 110 cm³/mol. The fourth-order valence-corrected chi connectivity index (χ4v) is 5.86. The maximum atomic E-state index is 12.4. The van der Waals surface area contributed by atoms with E-state index in [-0.39, 0.29) is 11.1 Å². The highest BCUT2D eigenvalue weighted by molar-refractivity contribution is 7.95. The summed E-state index contributed by atoms with van der Waals surface area (Å²) in [5.74, 6) is -2.31. The average Bonchev–Trinajstić information content (AvgIpc) is 2.70. The Hall–Kier alpha value is -2.82. The van der Waals surface area contributed by atoms with Crippen molar-refractivity contribution in [2.24, 2.45) is 0 Å². The van der Waals surface area contributed by atoms with Gasteiger partial charge in [0.25, 0.3) is 5.79 Å². The summed E-state index contributed by atoms with van der Waals surface area (Å²) in [4.78, 5) is 0. The molecule has 4 aromatic carbocycles. The van der Waals surface area contributed by atoms with Gasteiger partial charge in [-0.2, -0.15) is 16.8 Å². The van der Waals surface area contributed by atoms with Crippen LogP contribution in [0.15, 0.2) is 84.9 Å². The van der Waals surface area contributed by atoms with Gasteiger partial charge in [-0.3, -0.25) is 0 Å². The summed E-state index contributed by atoms with van der Waals surface area (Å²) in [6, 6.07) is 24.4. The quantitative estimate of drug-likeness (QED) is 0.466. The smallest absolute Gasteiger partial charge is 0.202 e. The van der Waals surface area contributed by atoms with Gasteiger partial charge < -0.3 is 0 Å². The molecule has 0 atom stereocenters. The Morgan fingerprint density at radius 3 is 1.40 bits per heavy atom. The lowest BCUT2D eigenvalue weighted by Crippen LogP contribution is -2.45. The molecule has 1 heterocycles. The van der Waals surface area contributed by atoms with Crippen LogP contribution in [0.1, 0.15) is 11.1 Å². The molecule has 0 radical (unpaired) electrons. The molecular formula is C21H14O7S2. The number of benzene rings is 4. The van der Waals surface area contributed by atoms with E-state index >= 15 is 0 Å². The first-order valence-electron chi connectivity index (χ1n) is 8.88. The van der Waals surface area contributed by atoms with Crippen LogP contribution in [-0.4, -0.2) is 16.8 Å². The van der Waals surface area contributed by atoms with Crippen molar-refractivity contribution < 1.29 is 28.8 Å². The van der Waals surface area contributed by atoms with E-state index < -0.39 is 26.6 Å². The lowest BCUT2D eigenvalue weighted by Gasteiger charge is -2.36. The van der Waals surface area contributed by atoms with Gasteiger partial charge in [0.2, 0.25) is 0 Å². The van der Waals surface area contributed by atoms with E-state index in [2.05, 4.69) is 3.63 Å². The molecule has 30 heavy (non-hydrogen) atoms. The molecule has 1 aliphatic heterocycles. The third-order valence-corrected chi connectivity index (χ3v) is 7.10. The van der Waals surface area contributed by atoms with Crippen LogP contribution in [0.2, 0.25) is 0 Å². The molecule has 5 rings (SSSR count). The van der Waals surface area contributed by atoms with E-state index in [1.807, 2.05) is 36.4 Å². The van der Waals surface area contributed by atoms with E-state index in [9.17, 15) is 16.8 Å². The van der Waals surface area contributed by atoms with E-state index in [1.54, 1.807) is 48.5 Å². The van der Waals surface area contributed by atoms with Crippen LogP contribution in [0.4, 0.5) is 0 Å². The van der Waals surface area contributed by atoms with Crippen LogP contribution in [0.25, 0.3) is 21.5 Å². The maximum absolute atomic E-state index is 12.4. The van der Waals surface area contributed by atoms with Gasteiger partial charge in [-0.15, -0.1) is 3.63 Å².